The van der Waals surface area contributed by atoms with Crippen LogP contribution in [0.2, 0.25) is 0 Å². The van der Waals surface area contributed by atoms with Crippen LogP contribution in [-0.4, -0.2) is 51.4 Å². The molecule has 0 aliphatic carbocycles. The largest absolute Gasteiger partial charge is 0.358 e. The summed E-state index contributed by atoms with van der Waals surface area (Å²) in [6.07, 6.45) is 1.26. The molecule has 1 atom stereocenters. The van der Waals surface area contributed by atoms with E-state index in [2.05, 4.69) is 15.3 Å². The van der Waals surface area contributed by atoms with Crippen molar-refractivity contribution in [2.45, 2.75) is 13.0 Å². The van der Waals surface area contributed by atoms with Gasteiger partial charge in [0.1, 0.15) is 18.2 Å². The molecule has 23 heavy (non-hydrogen) atoms. The number of carbonyl (C=O) groups excluding carboxylic acids is 1. The highest BCUT2D eigenvalue weighted by Gasteiger charge is 2.23. The topological polar surface area (TPSA) is 58.1 Å². The fraction of sp³-hybridized carbons (Fsp3) is 0.400. The average molecular weight is 338 g/mol. The first-order valence-corrected chi connectivity index (χ1v) is 8.44. The smallest absolute Gasteiger partial charge is 0.244 e. The van der Waals surface area contributed by atoms with Crippen LogP contribution in [0.4, 0.5) is 14.6 Å². The van der Waals surface area contributed by atoms with Crippen LogP contribution in [0.3, 0.4) is 0 Å². The zero-order valence-electron chi connectivity index (χ0n) is 12.6. The zero-order chi connectivity index (χ0) is 16.4. The Bertz CT molecular complexity index is 737. The van der Waals surface area contributed by atoms with Crippen molar-refractivity contribution < 1.29 is 13.6 Å². The van der Waals surface area contributed by atoms with Crippen LogP contribution in [0.5, 0.6) is 0 Å². The molecule has 2 heterocycles. The van der Waals surface area contributed by atoms with E-state index in [4.69, 9.17) is 0 Å². The van der Waals surface area contributed by atoms with E-state index in [9.17, 15) is 13.6 Å². The molecule has 1 aromatic heterocycles. The number of nitrogens with one attached hydrogen (secondary N) is 1. The van der Waals surface area contributed by atoms with Gasteiger partial charge in [-0.05, 0) is 13.0 Å². The molecule has 1 amide bonds. The second kappa shape index (κ2) is 6.66. The normalized spacial score (nSPS) is 16.4. The summed E-state index contributed by atoms with van der Waals surface area (Å²) in [7, 11) is 0. The minimum Gasteiger partial charge on any atom is -0.358 e. The first-order valence-electron chi connectivity index (χ1n) is 7.29. The van der Waals surface area contributed by atoms with E-state index in [1.807, 2.05) is 11.8 Å². The van der Waals surface area contributed by atoms with Gasteiger partial charge in [-0.15, -0.1) is 0 Å². The van der Waals surface area contributed by atoms with Gasteiger partial charge in [-0.3, -0.25) is 4.79 Å². The quantitative estimate of drug-likeness (QED) is 0.930. The van der Waals surface area contributed by atoms with Crippen LogP contribution >= 0.6 is 11.8 Å². The Kier molecular flexibility index (Phi) is 4.61. The van der Waals surface area contributed by atoms with Gasteiger partial charge in [0.2, 0.25) is 5.91 Å². The van der Waals surface area contributed by atoms with Crippen LogP contribution in [0.15, 0.2) is 18.5 Å². The molecule has 8 heteroatoms. The zero-order valence-corrected chi connectivity index (χ0v) is 13.4. The van der Waals surface area contributed by atoms with Crippen molar-refractivity contribution >= 4 is 34.4 Å². The number of aromatic nitrogens is 2. The van der Waals surface area contributed by atoms with Crippen LogP contribution in [0.25, 0.3) is 10.9 Å². The Morgan fingerprint density at radius 3 is 2.70 bits per heavy atom. The number of thioether (sulfide) groups is 1. The highest BCUT2D eigenvalue weighted by Crippen LogP contribution is 2.23. The number of fused-ring (bicyclic) bond motifs is 1. The van der Waals surface area contributed by atoms with Gasteiger partial charge in [0, 0.05) is 36.0 Å². The SMILES string of the molecule is C[C@@H](Nc1ncnc2cc(F)c(F)cc12)C(=O)N1CCSCC1. The highest BCUT2D eigenvalue weighted by atomic mass is 32.2. The summed E-state index contributed by atoms with van der Waals surface area (Å²) in [5, 5.41) is 3.34. The summed E-state index contributed by atoms with van der Waals surface area (Å²) >= 11 is 1.82. The molecular weight excluding hydrogens is 322 g/mol. The summed E-state index contributed by atoms with van der Waals surface area (Å²) in [5.74, 6) is 0.221. The molecule has 2 aromatic rings. The molecule has 0 spiro atoms. The predicted octanol–water partition coefficient (Wildman–Crippen LogP) is 2.28. The van der Waals surface area contributed by atoms with Crippen LogP contribution in [0.1, 0.15) is 6.92 Å². The number of carbonyl (C=O) groups is 1. The molecule has 1 saturated heterocycles. The van der Waals surface area contributed by atoms with Gasteiger partial charge in [0.25, 0.3) is 0 Å². The molecule has 1 aliphatic rings. The number of halogens is 2. The standard InChI is InChI=1S/C15H16F2N4OS/c1-9(15(22)21-2-4-23-5-3-21)20-14-10-6-11(16)12(17)7-13(10)18-8-19-14/h6-9H,2-5H2,1H3,(H,18,19,20)/t9-/m1/s1. The van der Waals surface area contributed by atoms with Crippen molar-refractivity contribution in [3.8, 4) is 0 Å². The van der Waals surface area contributed by atoms with Gasteiger partial charge in [0.05, 0.1) is 5.52 Å². The van der Waals surface area contributed by atoms with Crippen LogP contribution in [0, 0.1) is 11.6 Å². The minimum absolute atomic E-state index is 0.0281. The summed E-state index contributed by atoms with van der Waals surface area (Å²) in [6.45, 7) is 3.18. The molecule has 122 valence electrons. The van der Waals surface area contributed by atoms with Gasteiger partial charge in [0.15, 0.2) is 11.6 Å². The molecule has 1 N–H and O–H groups in total. The lowest BCUT2D eigenvalue weighted by atomic mass is 10.2. The van der Waals surface area contributed by atoms with Crippen molar-refractivity contribution in [3.63, 3.8) is 0 Å². The maximum atomic E-state index is 13.5. The summed E-state index contributed by atoms with van der Waals surface area (Å²) in [4.78, 5) is 22.2. The number of hydrogen-bond acceptors (Lipinski definition) is 5. The monoisotopic (exact) mass is 338 g/mol. The number of benzene rings is 1. The van der Waals surface area contributed by atoms with Crippen molar-refractivity contribution in [1.82, 2.24) is 14.9 Å². The lowest BCUT2D eigenvalue weighted by Crippen LogP contribution is -2.45. The third-order valence-corrected chi connectivity index (χ3v) is 4.67. The van der Waals surface area contributed by atoms with E-state index in [-0.39, 0.29) is 11.4 Å². The molecule has 0 radical (unpaired) electrons. The molecule has 1 aromatic carbocycles. The maximum Gasteiger partial charge on any atom is 0.244 e. The van der Waals surface area contributed by atoms with Gasteiger partial charge in [-0.25, -0.2) is 18.7 Å². The van der Waals surface area contributed by atoms with Crippen molar-refractivity contribution in [2.75, 3.05) is 29.9 Å². The van der Waals surface area contributed by atoms with Crippen LogP contribution in [-0.2, 0) is 4.79 Å². The van der Waals surface area contributed by atoms with E-state index in [1.54, 1.807) is 11.8 Å². The highest BCUT2D eigenvalue weighted by molar-refractivity contribution is 7.99. The van der Waals surface area contributed by atoms with Crippen molar-refractivity contribution in [3.05, 3.63) is 30.1 Å². The second-order valence-corrected chi connectivity index (χ2v) is 6.53. The van der Waals surface area contributed by atoms with E-state index < -0.39 is 17.7 Å². The van der Waals surface area contributed by atoms with E-state index >= 15 is 0 Å². The maximum absolute atomic E-state index is 13.5. The molecule has 1 fully saturated rings. The van der Waals surface area contributed by atoms with E-state index in [0.29, 0.717) is 11.2 Å². The third-order valence-electron chi connectivity index (χ3n) is 3.72. The molecule has 5 nitrogen and oxygen atoms in total. The Morgan fingerprint density at radius 2 is 1.96 bits per heavy atom. The number of hydrogen-bond donors (Lipinski definition) is 1. The van der Waals surface area contributed by atoms with Crippen molar-refractivity contribution in [1.29, 1.82) is 0 Å². The van der Waals surface area contributed by atoms with E-state index in [0.717, 1.165) is 36.7 Å². The number of rotatable bonds is 3. The molecule has 3 rings (SSSR count). The average Bonchev–Trinajstić information content (AvgIpc) is 2.56. The number of anilines is 1. The molecule has 1 aliphatic heterocycles. The Balaban J connectivity index is 1.83. The second-order valence-electron chi connectivity index (χ2n) is 5.31. The Hall–Kier alpha value is -1.96. The number of amides is 1. The van der Waals surface area contributed by atoms with Gasteiger partial charge < -0.3 is 10.2 Å². The molecule has 0 saturated carbocycles. The number of nitrogens with zero attached hydrogens (tertiary/aromatic N) is 3. The summed E-state index contributed by atoms with van der Waals surface area (Å²) < 4.78 is 26.8. The Labute approximate surface area is 136 Å². The third kappa shape index (κ3) is 3.36. The minimum atomic E-state index is -0.970. The summed E-state index contributed by atoms with van der Waals surface area (Å²) in [5.41, 5.74) is 0.287. The van der Waals surface area contributed by atoms with Gasteiger partial charge >= 0.3 is 0 Å². The van der Waals surface area contributed by atoms with Crippen molar-refractivity contribution in [2.24, 2.45) is 0 Å². The molecule has 0 unspecified atom stereocenters. The first kappa shape index (κ1) is 15.9. The lowest BCUT2D eigenvalue weighted by molar-refractivity contribution is -0.131. The lowest BCUT2D eigenvalue weighted by Gasteiger charge is -2.29. The van der Waals surface area contributed by atoms with Crippen LogP contribution < -0.4 is 5.32 Å². The Morgan fingerprint density at radius 1 is 1.26 bits per heavy atom. The van der Waals surface area contributed by atoms with Gasteiger partial charge in [-0.1, -0.05) is 0 Å². The summed E-state index contributed by atoms with van der Waals surface area (Å²) in [6, 6.07) is 1.55. The van der Waals surface area contributed by atoms with Gasteiger partial charge in [-0.2, -0.15) is 11.8 Å². The van der Waals surface area contributed by atoms with E-state index in [1.165, 1.54) is 6.33 Å². The molecular formula is C15H16F2N4OS. The fourth-order valence-corrected chi connectivity index (χ4v) is 3.39. The first-order chi connectivity index (χ1) is 11.1. The predicted molar refractivity (Wildman–Crippen MR) is 86.4 cm³/mol. The fourth-order valence-electron chi connectivity index (χ4n) is 2.49. The molecule has 0 bridgehead atoms.